The maximum Gasteiger partial charge on any atom is 0.231 e. The van der Waals surface area contributed by atoms with Gasteiger partial charge in [0.15, 0.2) is 0 Å². The molecule has 17 heavy (non-hydrogen) atoms. The van der Waals surface area contributed by atoms with Crippen LogP contribution in [0.25, 0.3) is 0 Å². The average Bonchev–Trinajstić information content (AvgIpc) is 2.66. The standard InChI is InChI=1S/C11H18N2O4/c1-8(14)12-10-7-9(13-17-10)11(2,3)16-6-5-15-4/h7H,5-6H2,1-4H3,(H,12,14). The molecule has 0 bridgehead atoms. The van der Waals surface area contributed by atoms with Crippen LogP contribution in [0, 0.1) is 0 Å². The van der Waals surface area contributed by atoms with Crippen LogP contribution in [0.1, 0.15) is 26.5 Å². The first-order chi connectivity index (χ1) is 7.95. The minimum Gasteiger partial charge on any atom is -0.382 e. The molecular weight excluding hydrogens is 224 g/mol. The number of hydrogen-bond donors (Lipinski definition) is 1. The van der Waals surface area contributed by atoms with Crippen molar-refractivity contribution in [3.8, 4) is 0 Å². The van der Waals surface area contributed by atoms with Gasteiger partial charge in [0.1, 0.15) is 11.3 Å². The zero-order valence-corrected chi connectivity index (χ0v) is 10.6. The number of aromatic nitrogens is 1. The van der Waals surface area contributed by atoms with Crippen LogP contribution in [0.5, 0.6) is 0 Å². The van der Waals surface area contributed by atoms with Crippen LogP contribution in [-0.4, -0.2) is 31.4 Å². The smallest absolute Gasteiger partial charge is 0.231 e. The highest BCUT2D eigenvalue weighted by Crippen LogP contribution is 2.25. The number of amides is 1. The predicted octanol–water partition coefficient (Wildman–Crippen LogP) is 1.53. The van der Waals surface area contributed by atoms with Gasteiger partial charge in [-0.25, -0.2) is 0 Å². The van der Waals surface area contributed by atoms with Crippen LogP contribution in [0.2, 0.25) is 0 Å². The van der Waals surface area contributed by atoms with Crippen LogP contribution >= 0.6 is 0 Å². The lowest BCUT2D eigenvalue weighted by Crippen LogP contribution is -2.24. The van der Waals surface area contributed by atoms with E-state index in [4.69, 9.17) is 14.0 Å². The zero-order chi connectivity index (χ0) is 12.9. The number of nitrogens with zero attached hydrogens (tertiary/aromatic N) is 1. The van der Waals surface area contributed by atoms with Gasteiger partial charge in [-0.3, -0.25) is 10.1 Å². The van der Waals surface area contributed by atoms with Crippen molar-refractivity contribution in [2.45, 2.75) is 26.4 Å². The van der Waals surface area contributed by atoms with Crippen molar-refractivity contribution in [1.82, 2.24) is 5.16 Å². The zero-order valence-electron chi connectivity index (χ0n) is 10.6. The second-order valence-corrected chi connectivity index (χ2v) is 4.11. The SMILES string of the molecule is COCCOC(C)(C)c1cc(NC(C)=O)on1. The van der Waals surface area contributed by atoms with Crippen molar-refractivity contribution in [3.63, 3.8) is 0 Å². The summed E-state index contributed by atoms with van der Waals surface area (Å²) in [7, 11) is 1.61. The van der Waals surface area contributed by atoms with Crippen LogP contribution in [-0.2, 0) is 19.9 Å². The highest BCUT2D eigenvalue weighted by Gasteiger charge is 2.25. The lowest BCUT2D eigenvalue weighted by atomic mass is 10.1. The molecule has 0 atom stereocenters. The molecule has 0 saturated heterocycles. The number of rotatable bonds is 6. The summed E-state index contributed by atoms with van der Waals surface area (Å²) in [5.41, 5.74) is 0.0380. The van der Waals surface area contributed by atoms with E-state index in [1.54, 1.807) is 13.2 Å². The maximum absolute atomic E-state index is 10.8. The molecule has 1 aromatic heterocycles. The van der Waals surface area contributed by atoms with Gasteiger partial charge in [0.2, 0.25) is 11.8 Å². The molecule has 0 aromatic carbocycles. The minimum atomic E-state index is -0.585. The number of hydrogen-bond acceptors (Lipinski definition) is 5. The van der Waals surface area contributed by atoms with Crippen molar-refractivity contribution >= 4 is 11.8 Å². The minimum absolute atomic E-state index is 0.203. The fourth-order valence-corrected chi connectivity index (χ4v) is 1.25. The Morgan fingerprint density at radius 3 is 2.82 bits per heavy atom. The molecule has 96 valence electrons. The molecule has 6 heteroatoms. The molecule has 0 unspecified atom stereocenters. The molecule has 1 heterocycles. The van der Waals surface area contributed by atoms with E-state index >= 15 is 0 Å². The normalized spacial score (nSPS) is 11.5. The molecule has 6 nitrogen and oxygen atoms in total. The second-order valence-electron chi connectivity index (χ2n) is 4.11. The predicted molar refractivity (Wildman–Crippen MR) is 61.7 cm³/mol. The second kappa shape index (κ2) is 5.79. The Balaban J connectivity index is 2.63. The van der Waals surface area contributed by atoms with Crippen LogP contribution < -0.4 is 5.32 Å². The van der Waals surface area contributed by atoms with Gasteiger partial charge in [-0.1, -0.05) is 5.16 Å². The van der Waals surface area contributed by atoms with Crippen LogP contribution in [0.3, 0.4) is 0 Å². The third-order valence-corrected chi connectivity index (χ3v) is 2.18. The molecule has 0 radical (unpaired) electrons. The summed E-state index contributed by atoms with van der Waals surface area (Å²) in [5, 5.41) is 6.38. The average molecular weight is 242 g/mol. The summed E-state index contributed by atoms with van der Waals surface area (Å²) >= 11 is 0. The number of carbonyl (C=O) groups excluding carboxylic acids is 1. The van der Waals surface area contributed by atoms with Crippen LogP contribution in [0.15, 0.2) is 10.6 Å². The summed E-state index contributed by atoms with van der Waals surface area (Å²) in [4.78, 5) is 10.8. The molecule has 0 saturated carbocycles. The van der Waals surface area contributed by atoms with E-state index in [0.717, 1.165) is 0 Å². The Kier molecular flexibility index (Phi) is 4.65. The van der Waals surface area contributed by atoms with Gasteiger partial charge in [0.05, 0.1) is 13.2 Å². The lowest BCUT2D eigenvalue weighted by Gasteiger charge is -2.22. The first-order valence-corrected chi connectivity index (χ1v) is 5.33. The Bertz CT molecular complexity index is 373. The lowest BCUT2D eigenvalue weighted by molar-refractivity contribution is -0.114. The fourth-order valence-electron chi connectivity index (χ4n) is 1.25. The largest absolute Gasteiger partial charge is 0.382 e. The molecule has 1 amide bonds. The summed E-state index contributed by atoms with van der Waals surface area (Å²) < 4.78 is 15.5. The monoisotopic (exact) mass is 242 g/mol. The van der Waals surface area contributed by atoms with Gasteiger partial charge in [0, 0.05) is 20.1 Å². The number of ether oxygens (including phenoxy) is 2. The quantitative estimate of drug-likeness (QED) is 0.766. The fraction of sp³-hybridized carbons (Fsp3) is 0.636. The van der Waals surface area contributed by atoms with Gasteiger partial charge < -0.3 is 14.0 Å². The topological polar surface area (TPSA) is 73.6 Å². The Morgan fingerprint density at radius 1 is 1.53 bits per heavy atom. The van der Waals surface area contributed by atoms with E-state index in [1.165, 1.54) is 6.92 Å². The summed E-state index contributed by atoms with van der Waals surface area (Å²) in [6.45, 7) is 6.13. The number of carbonyl (C=O) groups is 1. The summed E-state index contributed by atoms with van der Waals surface area (Å²) in [6.07, 6.45) is 0. The van der Waals surface area contributed by atoms with Crippen molar-refractivity contribution < 1.29 is 18.8 Å². The molecule has 1 N–H and O–H groups in total. The first-order valence-electron chi connectivity index (χ1n) is 5.33. The number of methoxy groups -OCH3 is 1. The third kappa shape index (κ3) is 4.16. The number of nitrogens with one attached hydrogen (secondary N) is 1. The summed E-state index contributed by atoms with van der Waals surface area (Å²) in [5.74, 6) is 0.113. The highest BCUT2D eigenvalue weighted by atomic mass is 16.5. The van der Waals surface area contributed by atoms with Crippen molar-refractivity contribution in [2.24, 2.45) is 0 Å². The van der Waals surface area contributed by atoms with Crippen molar-refractivity contribution in [1.29, 1.82) is 0 Å². The van der Waals surface area contributed by atoms with Gasteiger partial charge in [-0.15, -0.1) is 0 Å². The highest BCUT2D eigenvalue weighted by molar-refractivity contribution is 5.87. The van der Waals surface area contributed by atoms with E-state index in [9.17, 15) is 4.79 Å². The molecule has 0 aliphatic rings. The van der Waals surface area contributed by atoms with Crippen molar-refractivity contribution in [2.75, 3.05) is 25.6 Å². The van der Waals surface area contributed by atoms with Gasteiger partial charge in [-0.2, -0.15) is 0 Å². The van der Waals surface area contributed by atoms with E-state index in [0.29, 0.717) is 24.8 Å². The Labute approximate surface area is 100 Å². The first kappa shape index (κ1) is 13.7. The van der Waals surface area contributed by atoms with E-state index in [2.05, 4.69) is 10.5 Å². The number of anilines is 1. The molecule has 0 aliphatic heterocycles. The Hall–Kier alpha value is -1.40. The van der Waals surface area contributed by atoms with Gasteiger partial charge in [-0.05, 0) is 13.8 Å². The van der Waals surface area contributed by atoms with Crippen LogP contribution in [0.4, 0.5) is 5.88 Å². The molecule has 0 fully saturated rings. The summed E-state index contributed by atoms with van der Waals surface area (Å²) in [6, 6.07) is 1.65. The van der Waals surface area contributed by atoms with Crippen molar-refractivity contribution in [3.05, 3.63) is 11.8 Å². The molecule has 0 aliphatic carbocycles. The third-order valence-electron chi connectivity index (χ3n) is 2.18. The molecular formula is C11H18N2O4. The van der Waals surface area contributed by atoms with E-state index in [1.807, 2.05) is 13.8 Å². The maximum atomic E-state index is 10.8. The Morgan fingerprint density at radius 2 is 2.24 bits per heavy atom. The molecule has 1 aromatic rings. The molecule has 0 spiro atoms. The van der Waals surface area contributed by atoms with Gasteiger partial charge >= 0.3 is 0 Å². The van der Waals surface area contributed by atoms with E-state index in [-0.39, 0.29) is 5.91 Å². The van der Waals surface area contributed by atoms with E-state index < -0.39 is 5.60 Å². The van der Waals surface area contributed by atoms with Gasteiger partial charge in [0.25, 0.3) is 0 Å². The molecule has 1 rings (SSSR count).